The SMILES string of the molecule is C=CCn1c(=NC(=O)CS(=O)(=O)CC(=O)Nc2sc3c(c2C(=O)OC)CCC3)sc2cc(C)ccc21. The standard InChI is InChI=1S/C24H25N3O6S3/c1-4-10-27-16-9-8-14(2)11-18(16)35-24(27)26-20(29)13-36(31,32)12-19(28)25-22-21(23(30)33-3)15-6-5-7-17(15)34-22/h4,8-9,11H,1,5-7,10,12-13H2,2-3H3,(H,25,28). The molecule has 0 bridgehead atoms. The average molecular weight is 548 g/mol. The first-order valence-electron chi connectivity index (χ1n) is 11.1. The van der Waals surface area contributed by atoms with Gasteiger partial charge in [0.05, 0.1) is 22.9 Å². The molecule has 0 aliphatic heterocycles. The molecule has 0 saturated heterocycles. The minimum Gasteiger partial charge on any atom is -0.465 e. The maximum atomic E-state index is 12.6. The van der Waals surface area contributed by atoms with E-state index in [9.17, 15) is 22.8 Å². The number of rotatable bonds is 8. The van der Waals surface area contributed by atoms with Crippen molar-refractivity contribution in [3.63, 3.8) is 0 Å². The Bertz CT molecular complexity index is 1560. The summed E-state index contributed by atoms with van der Waals surface area (Å²) in [6.45, 7) is 6.09. The number of methoxy groups -OCH3 is 1. The molecule has 0 radical (unpaired) electrons. The van der Waals surface area contributed by atoms with E-state index in [1.807, 2.05) is 25.1 Å². The van der Waals surface area contributed by atoms with Crippen molar-refractivity contribution in [2.45, 2.75) is 32.7 Å². The van der Waals surface area contributed by atoms with E-state index in [2.05, 4.69) is 16.9 Å². The summed E-state index contributed by atoms with van der Waals surface area (Å²) < 4.78 is 32.8. The van der Waals surface area contributed by atoms with Gasteiger partial charge in [0.2, 0.25) is 5.91 Å². The number of benzene rings is 1. The number of nitrogens with zero attached hydrogens (tertiary/aromatic N) is 2. The molecule has 0 unspecified atom stereocenters. The van der Waals surface area contributed by atoms with Crippen LogP contribution in [0.2, 0.25) is 0 Å². The molecule has 1 aliphatic rings. The Balaban J connectivity index is 1.50. The number of anilines is 1. The molecule has 2 aromatic heterocycles. The monoisotopic (exact) mass is 547 g/mol. The van der Waals surface area contributed by atoms with Crippen LogP contribution in [0.1, 0.15) is 32.8 Å². The Morgan fingerprint density at radius 2 is 2.00 bits per heavy atom. The summed E-state index contributed by atoms with van der Waals surface area (Å²) in [6.07, 6.45) is 4.06. The fourth-order valence-corrected chi connectivity index (χ4v) is 7.59. The van der Waals surface area contributed by atoms with Gasteiger partial charge in [-0.05, 0) is 49.4 Å². The lowest BCUT2D eigenvalue weighted by Gasteiger charge is -2.07. The number of ether oxygens (including phenoxy) is 1. The minimum absolute atomic E-state index is 0.272. The third-order valence-electron chi connectivity index (χ3n) is 5.63. The van der Waals surface area contributed by atoms with Gasteiger partial charge in [0.25, 0.3) is 5.91 Å². The van der Waals surface area contributed by atoms with Crippen LogP contribution < -0.4 is 10.1 Å². The summed E-state index contributed by atoms with van der Waals surface area (Å²) in [5, 5.41) is 2.80. The Morgan fingerprint density at radius 1 is 1.22 bits per heavy atom. The van der Waals surface area contributed by atoms with Gasteiger partial charge >= 0.3 is 5.97 Å². The molecular weight excluding hydrogens is 522 g/mol. The molecule has 9 nitrogen and oxygen atoms in total. The van der Waals surface area contributed by atoms with Crippen molar-refractivity contribution in [2.24, 2.45) is 4.99 Å². The van der Waals surface area contributed by atoms with Gasteiger partial charge in [0, 0.05) is 11.4 Å². The number of hydrogen-bond acceptors (Lipinski definition) is 8. The highest BCUT2D eigenvalue weighted by Crippen LogP contribution is 2.39. The Labute approximate surface area is 216 Å². The second-order valence-electron chi connectivity index (χ2n) is 8.39. The number of hydrogen-bond donors (Lipinski definition) is 1. The number of sulfone groups is 1. The van der Waals surface area contributed by atoms with Crippen LogP contribution in [-0.2, 0) is 43.5 Å². The van der Waals surface area contributed by atoms with E-state index in [1.165, 1.54) is 29.8 Å². The predicted molar refractivity (Wildman–Crippen MR) is 140 cm³/mol. The summed E-state index contributed by atoms with van der Waals surface area (Å²) in [4.78, 5) is 42.7. The average Bonchev–Trinajstić information content (AvgIpc) is 3.45. The predicted octanol–water partition coefficient (Wildman–Crippen LogP) is 3.01. The molecular formula is C24H25N3O6S3. The molecule has 0 saturated carbocycles. The second-order valence-corrected chi connectivity index (χ2v) is 12.6. The normalized spacial score (nSPS) is 13.6. The Morgan fingerprint density at radius 3 is 2.72 bits per heavy atom. The van der Waals surface area contributed by atoms with Gasteiger partial charge in [-0.15, -0.1) is 17.9 Å². The summed E-state index contributed by atoms with van der Waals surface area (Å²) in [5.41, 5.74) is 3.03. The van der Waals surface area contributed by atoms with E-state index in [-0.39, 0.29) is 10.6 Å². The molecule has 0 spiro atoms. The molecule has 1 aliphatic carbocycles. The molecule has 2 amide bonds. The van der Waals surface area contributed by atoms with Gasteiger partial charge in [0.1, 0.15) is 16.5 Å². The van der Waals surface area contributed by atoms with Crippen molar-refractivity contribution in [3.05, 3.63) is 57.2 Å². The zero-order chi connectivity index (χ0) is 26.0. The van der Waals surface area contributed by atoms with Crippen molar-refractivity contribution < 1.29 is 27.5 Å². The molecule has 4 rings (SSSR count). The highest BCUT2D eigenvalue weighted by Gasteiger charge is 2.29. The Kier molecular flexibility index (Phi) is 7.57. The molecule has 2 heterocycles. The van der Waals surface area contributed by atoms with Crippen molar-refractivity contribution in [2.75, 3.05) is 23.9 Å². The highest BCUT2D eigenvalue weighted by atomic mass is 32.2. The lowest BCUT2D eigenvalue weighted by molar-refractivity contribution is -0.115. The van der Waals surface area contributed by atoms with E-state index in [1.54, 1.807) is 10.6 Å². The molecule has 1 N–H and O–H groups in total. The molecule has 12 heteroatoms. The van der Waals surface area contributed by atoms with Gasteiger partial charge in [-0.1, -0.05) is 23.5 Å². The Hall–Kier alpha value is -3.09. The van der Waals surface area contributed by atoms with E-state index in [0.717, 1.165) is 39.1 Å². The van der Waals surface area contributed by atoms with Crippen LogP contribution in [0.3, 0.4) is 0 Å². The second kappa shape index (κ2) is 10.5. The first-order chi connectivity index (χ1) is 17.1. The number of allylic oxidation sites excluding steroid dienone is 1. The minimum atomic E-state index is -4.11. The number of amides is 2. The number of aryl methyl sites for hydroxylation is 2. The van der Waals surface area contributed by atoms with Gasteiger partial charge in [0.15, 0.2) is 14.6 Å². The van der Waals surface area contributed by atoms with Crippen LogP contribution in [-0.4, -0.2) is 49.4 Å². The number of aromatic nitrogens is 1. The van der Waals surface area contributed by atoms with Crippen molar-refractivity contribution in [1.29, 1.82) is 0 Å². The number of carbonyl (C=O) groups excluding carboxylic acids is 3. The topological polar surface area (TPSA) is 124 Å². The first-order valence-corrected chi connectivity index (χ1v) is 14.6. The zero-order valence-electron chi connectivity index (χ0n) is 19.8. The summed E-state index contributed by atoms with van der Waals surface area (Å²) >= 11 is 2.53. The van der Waals surface area contributed by atoms with Crippen LogP contribution in [0.5, 0.6) is 0 Å². The summed E-state index contributed by atoms with van der Waals surface area (Å²) in [7, 11) is -2.85. The van der Waals surface area contributed by atoms with Gasteiger partial charge in [-0.25, -0.2) is 13.2 Å². The number of fused-ring (bicyclic) bond motifs is 2. The number of thiazole rings is 1. The van der Waals surface area contributed by atoms with Crippen LogP contribution in [0.15, 0.2) is 35.8 Å². The van der Waals surface area contributed by atoms with Crippen molar-refractivity contribution >= 4 is 65.5 Å². The van der Waals surface area contributed by atoms with Crippen LogP contribution in [0.4, 0.5) is 5.00 Å². The maximum Gasteiger partial charge on any atom is 0.341 e. The summed E-state index contributed by atoms with van der Waals surface area (Å²) in [5.74, 6) is -4.09. The summed E-state index contributed by atoms with van der Waals surface area (Å²) in [6, 6.07) is 5.82. The number of thiophene rings is 1. The molecule has 1 aromatic carbocycles. The third kappa shape index (κ3) is 5.50. The fraction of sp³-hybridized carbons (Fsp3) is 0.333. The third-order valence-corrected chi connectivity index (χ3v) is 9.27. The van der Waals surface area contributed by atoms with Crippen LogP contribution in [0, 0.1) is 6.92 Å². The zero-order valence-corrected chi connectivity index (χ0v) is 22.3. The van der Waals surface area contributed by atoms with Crippen molar-refractivity contribution in [3.8, 4) is 0 Å². The van der Waals surface area contributed by atoms with Gasteiger partial charge in [-0.3, -0.25) is 9.59 Å². The molecule has 3 aromatic rings. The van der Waals surface area contributed by atoms with Crippen LogP contribution >= 0.6 is 22.7 Å². The van der Waals surface area contributed by atoms with Crippen LogP contribution in [0.25, 0.3) is 10.2 Å². The molecule has 0 fully saturated rings. The van der Waals surface area contributed by atoms with E-state index in [4.69, 9.17) is 4.74 Å². The molecule has 36 heavy (non-hydrogen) atoms. The van der Waals surface area contributed by atoms with E-state index >= 15 is 0 Å². The highest BCUT2D eigenvalue weighted by molar-refractivity contribution is 7.92. The lowest BCUT2D eigenvalue weighted by atomic mass is 10.1. The fourth-order valence-electron chi connectivity index (χ4n) is 4.12. The first kappa shape index (κ1) is 26.0. The largest absolute Gasteiger partial charge is 0.465 e. The quantitative estimate of drug-likeness (QED) is 0.342. The van der Waals surface area contributed by atoms with Crippen molar-refractivity contribution in [1.82, 2.24) is 4.57 Å². The van der Waals surface area contributed by atoms with Gasteiger partial charge in [-0.2, -0.15) is 4.99 Å². The number of carbonyl (C=O) groups is 3. The lowest BCUT2D eigenvalue weighted by Crippen LogP contribution is -2.28. The molecule has 0 atom stereocenters. The number of nitrogens with one attached hydrogen (secondary N) is 1. The molecule has 190 valence electrons. The van der Waals surface area contributed by atoms with E-state index < -0.39 is 39.1 Å². The van der Waals surface area contributed by atoms with Gasteiger partial charge < -0.3 is 14.6 Å². The number of esters is 1. The maximum absolute atomic E-state index is 12.6. The van der Waals surface area contributed by atoms with E-state index in [0.29, 0.717) is 17.8 Å². The smallest absolute Gasteiger partial charge is 0.341 e.